The Morgan fingerprint density at radius 1 is 1.10 bits per heavy atom. The lowest BCUT2D eigenvalue weighted by atomic mass is 10.2. The number of nitrogens with two attached hydrogens (primary N) is 1. The van der Waals surface area contributed by atoms with Crippen molar-refractivity contribution in [1.82, 2.24) is 9.97 Å². The first-order valence-corrected chi connectivity index (χ1v) is 6.50. The molecule has 0 aliphatic heterocycles. The molecule has 1 heterocycles. The van der Waals surface area contributed by atoms with Gasteiger partial charge in [0.1, 0.15) is 18.0 Å². The molecule has 0 saturated heterocycles. The molecule has 0 amide bonds. The van der Waals surface area contributed by atoms with Crippen molar-refractivity contribution in [3.8, 4) is 0 Å². The van der Waals surface area contributed by atoms with Crippen molar-refractivity contribution in [3.63, 3.8) is 0 Å². The lowest BCUT2D eigenvalue weighted by molar-refractivity contribution is 1.04. The fourth-order valence-electron chi connectivity index (χ4n) is 1.96. The molecule has 2 aromatic rings. The number of nitrogens with one attached hydrogen (secondary N) is 2. The standard InChI is InChI=1S/C14H20N6/c1-4-12-13(16-9-17-14(12)19-15)18-10-5-7-11(8-6-10)20(2)3/h5-9H,4,15H2,1-3H3,(H2,16,17,18,19). The largest absolute Gasteiger partial charge is 0.378 e. The van der Waals surface area contributed by atoms with Gasteiger partial charge >= 0.3 is 0 Å². The SMILES string of the molecule is CCc1c(NN)ncnc1Nc1ccc(N(C)C)cc1. The van der Waals surface area contributed by atoms with Gasteiger partial charge in [-0.25, -0.2) is 15.8 Å². The van der Waals surface area contributed by atoms with E-state index in [9.17, 15) is 0 Å². The zero-order valence-electron chi connectivity index (χ0n) is 12.0. The minimum Gasteiger partial charge on any atom is -0.378 e. The van der Waals surface area contributed by atoms with Crippen LogP contribution < -0.4 is 21.5 Å². The molecule has 6 heteroatoms. The first-order valence-electron chi connectivity index (χ1n) is 6.50. The molecule has 0 spiro atoms. The first kappa shape index (κ1) is 14.1. The Morgan fingerprint density at radius 2 is 1.75 bits per heavy atom. The van der Waals surface area contributed by atoms with Gasteiger partial charge in [0.15, 0.2) is 0 Å². The van der Waals surface area contributed by atoms with E-state index in [1.807, 2.05) is 33.2 Å². The van der Waals surface area contributed by atoms with Gasteiger partial charge in [0.05, 0.1) is 0 Å². The number of aromatic nitrogens is 2. The average Bonchev–Trinajstić information content (AvgIpc) is 2.47. The summed E-state index contributed by atoms with van der Waals surface area (Å²) in [5, 5.41) is 3.30. The average molecular weight is 272 g/mol. The first-order chi connectivity index (χ1) is 9.65. The van der Waals surface area contributed by atoms with Gasteiger partial charge in [0.2, 0.25) is 0 Å². The predicted molar refractivity (Wildman–Crippen MR) is 83.3 cm³/mol. The summed E-state index contributed by atoms with van der Waals surface area (Å²) in [5.41, 5.74) is 5.69. The van der Waals surface area contributed by atoms with E-state index in [0.29, 0.717) is 5.82 Å². The van der Waals surface area contributed by atoms with Gasteiger partial charge in [0, 0.05) is 31.0 Å². The van der Waals surface area contributed by atoms with Gasteiger partial charge in [-0.05, 0) is 30.7 Å². The maximum Gasteiger partial charge on any atom is 0.148 e. The molecule has 1 aromatic carbocycles. The van der Waals surface area contributed by atoms with Gasteiger partial charge in [-0.1, -0.05) is 6.92 Å². The molecule has 0 bridgehead atoms. The fraction of sp³-hybridized carbons (Fsp3) is 0.286. The summed E-state index contributed by atoms with van der Waals surface area (Å²) in [6.07, 6.45) is 2.28. The van der Waals surface area contributed by atoms with Crippen LogP contribution in [0.1, 0.15) is 12.5 Å². The molecule has 0 aliphatic rings. The lowest BCUT2D eigenvalue weighted by Crippen LogP contribution is -2.13. The predicted octanol–water partition coefficient (Wildman–Crippen LogP) is 2.13. The van der Waals surface area contributed by atoms with E-state index in [4.69, 9.17) is 5.84 Å². The number of anilines is 4. The third-order valence-corrected chi connectivity index (χ3v) is 3.08. The number of hydrogen-bond donors (Lipinski definition) is 3. The molecule has 20 heavy (non-hydrogen) atoms. The Labute approximate surface area is 119 Å². The van der Waals surface area contributed by atoms with Crippen LogP contribution in [-0.2, 0) is 6.42 Å². The normalized spacial score (nSPS) is 10.2. The molecule has 6 nitrogen and oxygen atoms in total. The Kier molecular flexibility index (Phi) is 4.37. The second kappa shape index (κ2) is 6.21. The maximum atomic E-state index is 5.47. The molecule has 0 fully saturated rings. The van der Waals surface area contributed by atoms with Crippen LogP contribution in [-0.4, -0.2) is 24.1 Å². The number of rotatable bonds is 5. The number of hydrazine groups is 1. The van der Waals surface area contributed by atoms with E-state index in [1.54, 1.807) is 0 Å². The monoisotopic (exact) mass is 272 g/mol. The van der Waals surface area contributed by atoms with Crippen LogP contribution in [0.15, 0.2) is 30.6 Å². The molecule has 0 atom stereocenters. The van der Waals surface area contributed by atoms with Crippen LogP contribution in [0.3, 0.4) is 0 Å². The number of benzene rings is 1. The summed E-state index contributed by atoms with van der Waals surface area (Å²) in [5.74, 6) is 6.89. The molecule has 0 unspecified atom stereocenters. The van der Waals surface area contributed by atoms with Crippen LogP contribution >= 0.6 is 0 Å². The van der Waals surface area contributed by atoms with E-state index in [1.165, 1.54) is 6.33 Å². The van der Waals surface area contributed by atoms with E-state index >= 15 is 0 Å². The topological polar surface area (TPSA) is 79.1 Å². The molecular formula is C14H20N6. The van der Waals surface area contributed by atoms with Crippen molar-refractivity contribution >= 4 is 23.0 Å². The maximum absolute atomic E-state index is 5.47. The van der Waals surface area contributed by atoms with Gasteiger partial charge in [0.25, 0.3) is 0 Å². The van der Waals surface area contributed by atoms with Gasteiger partial charge in [-0.3, -0.25) is 0 Å². The highest BCUT2D eigenvalue weighted by Crippen LogP contribution is 2.24. The number of nitrogen functional groups attached to an aromatic ring is 1. The molecule has 1 aromatic heterocycles. The summed E-state index contributed by atoms with van der Waals surface area (Å²) >= 11 is 0. The van der Waals surface area contributed by atoms with E-state index in [0.717, 1.165) is 29.2 Å². The Bertz CT molecular complexity index is 564. The molecule has 106 valence electrons. The van der Waals surface area contributed by atoms with Crippen molar-refractivity contribution in [2.24, 2.45) is 5.84 Å². The quantitative estimate of drug-likeness (QED) is 0.571. The van der Waals surface area contributed by atoms with Crippen LogP contribution in [0.2, 0.25) is 0 Å². The van der Waals surface area contributed by atoms with E-state index < -0.39 is 0 Å². The molecule has 2 rings (SSSR count). The Morgan fingerprint density at radius 3 is 2.30 bits per heavy atom. The lowest BCUT2D eigenvalue weighted by Gasteiger charge is -2.15. The zero-order chi connectivity index (χ0) is 14.5. The molecule has 0 saturated carbocycles. The number of hydrogen-bond acceptors (Lipinski definition) is 6. The summed E-state index contributed by atoms with van der Waals surface area (Å²) in [7, 11) is 4.03. The van der Waals surface area contributed by atoms with Crippen molar-refractivity contribution in [1.29, 1.82) is 0 Å². The van der Waals surface area contributed by atoms with Crippen molar-refractivity contribution in [2.75, 3.05) is 29.7 Å². The van der Waals surface area contributed by atoms with Gasteiger partial charge < -0.3 is 15.6 Å². The van der Waals surface area contributed by atoms with Crippen LogP contribution in [0.5, 0.6) is 0 Å². The van der Waals surface area contributed by atoms with Crippen molar-refractivity contribution in [3.05, 3.63) is 36.2 Å². The van der Waals surface area contributed by atoms with Crippen molar-refractivity contribution < 1.29 is 0 Å². The molecule has 0 radical (unpaired) electrons. The number of nitrogens with zero attached hydrogens (tertiary/aromatic N) is 3. The highest BCUT2D eigenvalue weighted by atomic mass is 15.3. The van der Waals surface area contributed by atoms with Crippen LogP contribution in [0.25, 0.3) is 0 Å². The second-order valence-electron chi connectivity index (χ2n) is 4.61. The van der Waals surface area contributed by atoms with E-state index in [2.05, 4.69) is 37.7 Å². The summed E-state index contributed by atoms with van der Waals surface area (Å²) in [4.78, 5) is 10.5. The highest BCUT2D eigenvalue weighted by molar-refractivity contribution is 5.66. The van der Waals surface area contributed by atoms with Crippen LogP contribution in [0, 0.1) is 0 Å². The summed E-state index contributed by atoms with van der Waals surface area (Å²) in [6.45, 7) is 2.04. The molecular weight excluding hydrogens is 252 g/mol. The smallest absolute Gasteiger partial charge is 0.148 e. The zero-order valence-corrected chi connectivity index (χ0v) is 12.0. The van der Waals surface area contributed by atoms with Gasteiger partial charge in [-0.2, -0.15) is 0 Å². The third-order valence-electron chi connectivity index (χ3n) is 3.08. The summed E-state index contributed by atoms with van der Waals surface area (Å²) < 4.78 is 0. The van der Waals surface area contributed by atoms with Crippen molar-refractivity contribution in [2.45, 2.75) is 13.3 Å². The minimum atomic E-state index is 0.648. The van der Waals surface area contributed by atoms with Crippen LogP contribution in [0.4, 0.5) is 23.0 Å². The van der Waals surface area contributed by atoms with E-state index in [-0.39, 0.29) is 0 Å². The Hall–Kier alpha value is -2.34. The summed E-state index contributed by atoms with van der Waals surface area (Å²) in [6, 6.07) is 8.15. The molecule has 4 N–H and O–H groups in total. The highest BCUT2D eigenvalue weighted by Gasteiger charge is 2.09. The minimum absolute atomic E-state index is 0.648. The third kappa shape index (κ3) is 2.97. The van der Waals surface area contributed by atoms with Gasteiger partial charge in [-0.15, -0.1) is 0 Å². The second-order valence-corrected chi connectivity index (χ2v) is 4.61. The fourth-order valence-corrected chi connectivity index (χ4v) is 1.96. The molecule has 0 aliphatic carbocycles. The Balaban J connectivity index is 2.25.